The van der Waals surface area contributed by atoms with Crippen molar-refractivity contribution in [3.05, 3.63) is 42.0 Å². The van der Waals surface area contributed by atoms with Gasteiger partial charge in [0.15, 0.2) is 0 Å². The highest BCUT2D eigenvalue weighted by molar-refractivity contribution is 7.99. The highest BCUT2D eigenvalue weighted by Crippen LogP contribution is 2.40. The van der Waals surface area contributed by atoms with E-state index in [1.165, 1.54) is 23.9 Å². The minimum Gasteiger partial charge on any atom is -0.508 e. The summed E-state index contributed by atoms with van der Waals surface area (Å²) in [6.07, 6.45) is 0.647. The van der Waals surface area contributed by atoms with E-state index in [-0.39, 0.29) is 29.6 Å². The number of aliphatic carboxylic acids is 1. The number of rotatable bonds is 6. The average Bonchev–Trinajstić information content (AvgIpc) is 2.43. The molecule has 0 aliphatic rings. The van der Waals surface area contributed by atoms with Gasteiger partial charge in [0, 0.05) is 12.5 Å². The Kier molecular flexibility index (Phi) is 5.39. The number of benzene rings is 2. The van der Waals surface area contributed by atoms with Crippen molar-refractivity contribution in [2.24, 2.45) is 5.92 Å². The number of phenols is 3. The summed E-state index contributed by atoms with van der Waals surface area (Å²) in [6, 6.07) is 9.44. The number of carboxylic acid groups (broad SMARTS) is 1. The summed E-state index contributed by atoms with van der Waals surface area (Å²) in [4.78, 5) is 11.8. The number of carboxylic acids is 1. The molecule has 0 aliphatic heterocycles. The minimum absolute atomic E-state index is 0.0217. The van der Waals surface area contributed by atoms with Gasteiger partial charge in [-0.25, -0.2) is 0 Å². The van der Waals surface area contributed by atoms with E-state index in [0.717, 1.165) is 5.56 Å². The molecule has 6 heteroatoms. The third-order valence-corrected chi connectivity index (χ3v) is 4.42. The van der Waals surface area contributed by atoms with Crippen LogP contribution in [0.5, 0.6) is 17.2 Å². The molecule has 1 unspecified atom stereocenters. The Balaban J connectivity index is 2.11. The fraction of sp³-hybridized carbons (Fsp3) is 0.235. The van der Waals surface area contributed by atoms with Crippen LogP contribution in [0.25, 0.3) is 0 Å². The van der Waals surface area contributed by atoms with Crippen molar-refractivity contribution in [1.29, 1.82) is 0 Å². The van der Waals surface area contributed by atoms with Gasteiger partial charge in [-0.2, -0.15) is 0 Å². The van der Waals surface area contributed by atoms with E-state index in [1.807, 2.05) is 13.0 Å². The van der Waals surface area contributed by atoms with Crippen LogP contribution in [0.15, 0.2) is 46.2 Å². The maximum absolute atomic E-state index is 10.7. The van der Waals surface area contributed by atoms with Gasteiger partial charge in [0.25, 0.3) is 0 Å². The predicted octanol–water partition coefficient (Wildman–Crippen LogP) is 3.61. The van der Waals surface area contributed by atoms with Crippen molar-refractivity contribution in [3.8, 4) is 17.2 Å². The van der Waals surface area contributed by atoms with Gasteiger partial charge in [0.05, 0.1) is 9.79 Å². The van der Waals surface area contributed by atoms with Crippen molar-refractivity contribution >= 4 is 17.7 Å². The molecule has 0 bridgehead atoms. The Morgan fingerprint density at radius 3 is 2.22 bits per heavy atom. The molecule has 2 aromatic rings. The molecule has 5 nitrogen and oxygen atoms in total. The van der Waals surface area contributed by atoms with Crippen LogP contribution in [0.3, 0.4) is 0 Å². The van der Waals surface area contributed by atoms with Gasteiger partial charge in [0.2, 0.25) is 0 Å². The summed E-state index contributed by atoms with van der Waals surface area (Å²) in [7, 11) is 0. The second-order valence-electron chi connectivity index (χ2n) is 5.46. The van der Waals surface area contributed by atoms with E-state index in [2.05, 4.69) is 0 Å². The molecule has 122 valence electrons. The summed E-state index contributed by atoms with van der Waals surface area (Å²) in [5.41, 5.74) is 0.857. The van der Waals surface area contributed by atoms with Crippen LogP contribution in [0.2, 0.25) is 0 Å². The second kappa shape index (κ2) is 7.28. The first-order chi connectivity index (χ1) is 10.8. The van der Waals surface area contributed by atoms with Crippen LogP contribution < -0.4 is 0 Å². The Hall–Kier alpha value is -2.34. The van der Waals surface area contributed by atoms with Gasteiger partial charge in [-0.15, -0.1) is 0 Å². The Bertz CT molecular complexity index is 714. The first kappa shape index (κ1) is 17.0. The molecule has 1 atom stereocenters. The van der Waals surface area contributed by atoms with Gasteiger partial charge in [0.1, 0.15) is 17.2 Å². The van der Waals surface area contributed by atoms with Crippen LogP contribution in [0.1, 0.15) is 18.9 Å². The second-order valence-corrected chi connectivity index (χ2v) is 6.55. The summed E-state index contributed by atoms with van der Waals surface area (Å²) in [5, 5.41) is 38.0. The van der Waals surface area contributed by atoms with Crippen molar-refractivity contribution in [2.45, 2.75) is 29.6 Å². The standard InChI is InChI=1S/C17H18O5S/c1-10(7-17(21)22)6-11-2-4-15(13(19)8-11)23-16-5-3-12(18)9-14(16)20/h2-5,8-10,18-20H,6-7H2,1H3,(H,21,22). The Morgan fingerprint density at radius 2 is 1.65 bits per heavy atom. The fourth-order valence-electron chi connectivity index (χ4n) is 2.26. The Morgan fingerprint density at radius 1 is 1.04 bits per heavy atom. The lowest BCUT2D eigenvalue weighted by Gasteiger charge is -2.11. The number of hydrogen-bond acceptors (Lipinski definition) is 5. The molecule has 0 saturated carbocycles. The molecular weight excluding hydrogens is 316 g/mol. The quantitative estimate of drug-likeness (QED) is 0.644. The molecule has 0 saturated heterocycles. The van der Waals surface area contributed by atoms with E-state index >= 15 is 0 Å². The SMILES string of the molecule is CC(CC(=O)O)Cc1ccc(Sc2ccc(O)cc2O)c(O)c1. The largest absolute Gasteiger partial charge is 0.508 e. The summed E-state index contributed by atoms with van der Waals surface area (Å²) < 4.78 is 0. The molecule has 0 aliphatic carbocycles. The molecule has 2 rings (SSSR count). The molecule has 4 N–H and O–H groups in total. The third kappa shape index (κ3) is 4.82. The molecule has 0 heterocycles. The molecule has 23 heavy (non-hydrogen) atoms. The summed E-state index contributed by atoms with van der Waals surface area (Å²) in [6.45, 7) is 1.85. The molecule has 0 fully saturated rings. The third-order valence-electron chi connectivity index (χ3n) is 3.29. The topological polar surface area (TPSA) is 98.0 Å². The van der Waals surface area contributed by atoms with E-state index in [4.69, 9.17) is 5.11 Å². The number of carbonyl (C=O) groups is 1. The van der Waals surface area contributed by atoms with Crippen LogP contribution in [0, 0.1) is 5.92 Å². The van der Waals surface area contributed by atoms with Gasteiger partial charge in [-0.05, 0) is 42.2 Å². The fourth-order valence-corrected chi connectivity index (χ4v) is 3.10. The number of hydrogen-bond donors (Lipinski definition) is 4. The zero-order chi connectivity index (χ0) is 17.0. The molecule has 0 amide bonds. The normalized spacial score (nSPS) is 12.0. The maximum atomic E-state index is 10.7. The molecule has 0 spiro atoms. The van der Waals surface area contributed by atoms with Crippen molar-refractivity contribution in [3.63, 3.8) is 0 Å². The summed E-state index contributed by atoms with van der Waals surface area (Å²) >= 11 is 1.18. The van der Waals surface area contributed by atoms with E-state index in [0.29, 0.717) is 16.2 Å². The van der Waals surface area contributed by atoms with Crippen LogP contribution in [-0.2, 0) is 11.2 Å². The van der Waals surface area contributed by atoms with Gasteiger partial charge in [-0.1, -0.05) is 24.8 Å². The highest BCUT2D eigenvalue weighted by Gasteiger charge is 2.12. The number of phenolic OH excluding ortho intramolecular Hbond substituents is 3. The first-order valence-electron chi connectivity index (χ1n) is 7.08. The van der Waals surface area contributed by atoms with Gasteiger partial charge < -0.3 is 20.4 Å². The average molecular weight is 334 g/mol. The minimum atomic E-state index is -0.836. The first-order valence-corrected chi connectivity index (χ1v) is 7.90. The van der Waals surface area contributed by atoms with Crippen LogP contribution in [-0.4, -0.2) is 26.4 Å². The molecule has 0 aromatic heterocycles. The molecular formula is C17H18O5S. The van der Waals surface area contributed by atoms with Crippen molar-refractivity contribution in [2.75, 3.05) is 0 Å². The zero-order valence-electron chi connectivity index (χ0n) is 12.6. The molecule has 0 radical (unpaired) electrons. The van der Waals surface area contributed by atoms with Crippen molar-refractivity contribution in [1.82, 2.24) is 0 Å². The number of aromatic hydroxyl groups is 3. The predicted molar refractivity (Wildman–Crippen MR) is 87.1 cm³/mol. The Labute approximate surface area is 138 Å². The zero-order valence-corrected chi connectivity index (χ0v) is 13.4. The lowest BCUT2D eigenvalue weighted by atomic mass is 9.98. The summed E-state index contributed by atoms with van der Waals surface area (Å²) in [5.74, 6) is -0.877. The van der Waals surface area contributed by atoms with Crippen LogP contribution in [0.4, 0.5) is 0 Å². The maximum Gasteiger partial charge on any atom is 0.303 e. The van der Waals surface area contributed by atoms with E-state index in [9.17, 15) is 20.1 Å². The van der Waals surface area contributed by atoms with E-state index in [1.54, 1.807) is 18.2 Å². The lowest BCUT2D eigenvalue weighted by molar-refractivity contribution is -0.137. The van der Waals surface area contributed by atoms with Crippen molar-refractivity contribution < 1.29 is 25.2 Å². The van der Waals surface area contributed by atoms with Crippen LogP contribution >= 0.6 is 11.8 Å². The monoisotopic (exact) mass is 334 g/mol. The smallest absolute Gasteiger partial charge is 0.303 e. The molecule has 2 aromatic carbocycles. The van der Waals surface area contributed by atoms with E-state index < -0.39 is 5.97 Å². The lowest BCUT2D eigenvalue weighted by Crippen LogP contribution is -2.06. The van der Waals surface area contributed by atoms with Gasteiger partial charge >= 0.3 is 5.97 Å². The highest BCUT2D eigenvalue weighted by atomic mass is 32.2. The van der Waals surface area contributed by atoms with Gasteiger partial charge in [-0.3, -0.25) is 4.79 Å².